The summed E-state index contributed by atoms with van der Waals surface area (Å²) in [7, 11) is -1.89. The zero-order valence-electron chi connectivity index (χ0n) is 18.8. The minimum Gasteiger partial charge on any atom is -0.493 e. The molecule has 1 aliphatic heterocycles. The molecule has 0 N–H and O–H groups in total. The van der Waals surface area contributed by atoms with Crippen molar-refractivity contribution < 1.29 is 22.7 Å². The lowest BCUT2D eigenvalue weighted by atomic mass is 9.97. The monoisotopic (exact) mass is 490 g/mol. The van der Waals surface area contributed by atoms with Gasteiger partial charge in [-0.05, 0) is 53.9 Å². The molecule has 0 saturated carbocycles. The third kappa shape index (κ3) is 6.47. The molecule has 0 aliphatic carbocycles. The van der Waals surface area contributed by atoms with E-state index in [9.17, 15) is 18.5 Å². The molecule has 2 aromatic rings. The van der Waals surface area contributed by atoms with Gasteiger partial charge in [-0.3, -0.25) is 4.79 Å². The minimum absolute atomic E-state index is 0.243. The maximum absolute atomic E-state index is 12.5. The second-order valence-electron chi connectivity index (χ2n) is 8.47. The van der Waals surface area contributed by atoms with Crippen LogP contribution in [0.15, 0.2) is 47.4 Å². The highest BCUT2D eigenvalue weighted by Gasteiger charge is 2.34. The smallest absolute Gasteiger partial charge is 0.314 e. The van der Waals surface area contributed by atoms with Gasteiger partial charge in [0.15, 0.2) is 9.84 Å². The Hall–Kier alpha value is -2.60. The summed E-state index contributed by atoms with van der Waals surface area (Å²) >= 11 is 6.15. The maximum atomic E-state index is 12.5. The molecule has 9 heteroatoms. The van der Waals surface area contributed by atoms with E-state index in [2.05, 4.69) is 17.9 Å². The van der Waals surface area contributed by atoms with Gasteiger partial charge < -0.3 is 14.4 Å². The van der Waals surface area contributed by atoms with E-state index in [4.69, 9.17) is 21.1 Å². The van der Waals surface area contributed by atoms with Crippen molar-refractivity contribution in [2.24, 2.45) is 11.8 Å². The number of benzene rings is 2. The van der Waals surface area contributed by atoms with E-state index in [1.165, 1.54) is 25.5 Å². The van der Waals surface area contributed by atoms with E-state index in [-0.39, 0.29) is 16.8 Å². The molecule has 2 aromatic carbocycles. The maximum Gasteiger partial charge on any atom is 0.314 e. The average Bonchev–Trinajstić information content (AvgIpc) is 3.13. The molecule has 0 aromatic heterocycles. The Kier molecular flexibility index (Phi) is 8.01. The molecule has 176 valence electrons. The number of nitriles is 1. The van der Waals surface area contributed by atoms with Crippen molar-refractivity contribution in [2.75, 3.05) is 39.6 Å². The van der Waals surface area contributed by atoms with Crippen molar-refractivity contribution in [3.8, 4) is 11.8 Å². The van der Waals surface area contributed by atoms with E-state index in [0.717, 1.165) is 13.1 Å². The van der Waals surface area contributed by atoms with Crippen LogP contribution in [0.3, 0.4) is 0 Å². The first-order chi connectivity index (χ1) is 15.6. The van der Waals surface area contributed by atoms with Crippen LogP contribution in [0.2, 0.25) is 5.02 Å². The van der Waals surface area contributed by atoms with Gasteiger partial charge in [-0.15, -0.1) is 0 Å². The summed E-state index contributed by atoms with van der Waals surface area (Å²) in [6.45, 7) is 4.60. The van der Waals surface area contributed by atoms with Crippen molar-refractivity contribution in [1.29, 1.82) is 5.26 Å². The standard InChI is InChI=1S/C24H27ClN2O5S/c1-16-12-27(13-19(16)15-32-21-4-6-22(7-5-21)33(3,29)30)14-23(24(28)31-2)18-8-17(11-26)9-20(25)10-18/h4-10,16,19,23H,12-15H2,1-3H3/t16-,19+,23?/m1/s1. The third-order valence-corrected chi connectivity index (χ3v) is 7.28. The van der Waals surface area contributed by atoms with E-state index in [0.29, 0.717) is 41.0 Å². The number of hydrogen-bond acceptors (Lipinski definition) is 7. The van der Waals surface area contributed by atoms with E-state index >= 15 is 0 Å². The summed E-state index contributed by atoms with van der Waals surface area (Å²) in [5, 5.41) is 9.65. The van der Waals surface area contributed by atoms with Crippen LogP contribution in [0.4, 0.5) is 0 Å². The predicted molar refractivity (Wildman–Crippen MR) is 125 cm³/mol. The summed E-state index contributed by atoms with van der Waals surface area (Å²) in [5.74, 6) is 0.263. The molecule has 0 spiro atoms. The number of carbonyl (C=O) groups is 1. The molecule has 33 heavy (non-hydrogen) atoms. The Labute approximate surface area is 199 Å². The molecule has 7 nitrogen and oxygen atoms in total. The number of carbonyl (C=O) groups excluding carboxylic acids is 1. The summed E-state index contributed by atoms with van der Waals surface area (Å²) in [6.07, 6.45) is 1.17. The number of esters is 1. The highest BCUT2D eigenvalue weighted by Crippen LogP contribution is 2.29. The van der Waals surface area contributed by atoms with Crippen LogP contribution in [0.1, 0.15) is 24.0 Å². The van der Waals surface area contributed by atoms with Crippen LogP contribution < -0.4 is 4.74 Å². The van der Waals surface area contributed by atoms with E-state index < -0.39 is 15.8 Å². The summed E-state index contributed by atoms with van der Waals surface area (Å²) in [4.78, 5) is 15.0. The number of halogens is 1. The van der Waals surface area contributed by atoms with Crippen molar-refractivity contribution in [3.63, 3.8) is 0 Å². The largest absolute Gasteiger partial charge is 0.493 e. The van der Waals surface area contributed by atoms with Crippen molar-refractivity contribution in [2.45, 2.75) is 17.7 Å². The van der Waals surface area contributed by atoms with Crippen LogP contribution in [0.5, 0.6) is 5.75 Å². The van der Waals surface area contributed by atoms with Crippen molar-refractivity contribution >= 4 is 27.4 Å². The number of sulfone groups is 1. The van der Waals surface area contributed by atoms with Crippen LogP contribution in [0.25, 0.3) is 0 Å². The SMILES string of the molecule is COC(=O)C(CN1C[C@@H](COc2ccc(S(C)(=O)=O)cc2)[C@H](C)C1)c1cc(Cl)cc(C#N)c1. The highest BCUT2D eigenvalue weighted by molar-refractivity contribution is 7.90. The highest BCUT2D eigenvalue weighted by atomic mass is 35.5. The number of methoxy groups -OCH3 is 1. The normalized spacial score (nSPS) is 19.6. The quantitative estimate of drug-likeness (QED) is 0.522. The Bertz CT molecular complexity index is 1140. The fourth-order valence-electron chi connectivity index (χ4n) is 4.09. The van der Waals surface area contributed by atoms with E-state index in [1.807, 2.05) is 0 Å². The number of nitrogens with zero attached hydrogens (tertiary/aromatic N) is 2. The zero-order chi connectivity index (χ0) is 24.2. The molecule has 1 heterocycles. The molecule has 0 bridgehead atoms. The zero-order valence-corrected chi connectivity index (χ0v) is 20.4. The number of likely N-dealkylation sites (tertiary alicyclic amines) is 1. The molecule has 1 aliphatic rings. The second kappa shape index (κ2) is 10.6. The van der Waals surface area contributed by atoms with Crippen LogP contribution >= 0.6 is 11.6 Å². The summed E-state index contributed by atoms with van der Waals surface area (Å²) in [6, 6.07) is 13.4. The molecule has 1 saturated heterocycles. The Balaban J connectivity index is 1.65. The lowest BCUT2D eigenvalue weighted by Crippen LogP contribution is -2.31. The number of ether oxygens (including phenoxy) is 2. The van der Waals surface area contributed by atoms with Gasteiger partial charge in [0.25, 0.3) is 0 Å². The van der Waals surface area contributed by atoms with Crippen LogP contribution in [-0.4, -0.2) is 58.9 Å². The van der Waals surface area contributed by atoms with Gasteiger partial charge in [0.1, 0.15) is 5.75 Å². The van der Waals surface area contributed by atoms with Gasteiger partial charge >= 0.3 is 5.97 Å². The first-order valence-corrected chi connectivity index (χ1v) is 12.8. The second-order valence-corrected chi connectivity index (χ2v) is 10.9. The molecule has 3 rings (SSSR count). The van der Waals surface area contributed by atoms with Crippen LogP contribution in [0, 0.1) is 23.2 Å². The van der Waals surface area contributed by atoms with Crippen LogP contribution in [-0.2, 0) is 19.4 Å². The molecular weight excluding hydrogens is 464 g/mol. The predicted octanol–water partition coefficient (Wildman–Crippen LogP) is 3.52. The van der Waals surface area contributed by atoms with Gasteiger partial charge in [-0.25, -0.2) is 8.42 Å². The van der Waals surface area contributed by atoms with Gasteiger partial charge in [0, 0.05) is 36.8 Å². The Morgan fingerprint density at radius 1 is 1.24 bits per heavy atom. The number of rotatable bonds is 8. The van der Waals surface area contributed by atoms with Gasteiger partial charge in [-0.2, -0.15) is 5.26 Å². The third-order valence-electron chi connectivity index (χ3n) is 5.94. The first kappa shape index (κ1) is 25.0. The molecule has 1 fully saturated rings. The number of hydrogen-bond donors (Lipinski definition) is 0. The molecular formula is C24H27ClN2O5S. The summed E-state index contributed by atoms with van der Waals surface area (Å²) in [5.41, 5.74) is 1.05. The average molecular weight is 491 g/mol. The lowest BCUT2D eigenvalue weighted by molar-refractivity contribution is -0.142. The molecule has 0 amide bonds. The fourth-order valence-corrected chi connectivity index (χ4v) is 4.96. The Morgan fingerprint density at radius 2 is 1.94 bits per heavy atom. The van der Waals surface area contributed by atoms with E-state index in [1.54, 1.807) is 30.3 Å². The first-order valence-electron chi connectivity index (χ1n) is 10.5. The van der Waals surface area contributed by atoms with Gasteiger partial charge in [0.05, 0.1) is 36.2 Å². The van der Waals surface area contributed by atoms with Gasteiger partial charge in [0.2, 0.25) is 0 Å². The lowest BCUT2D eigenvalue weighted by Gasteiger charge is -2.23. The Morgan fingerprint density at radius 3 is 2.55 bits per heavy atom. The van der Waals surface area contributed by atoms with Gasteiger partial charge in [-0.1, -0.05) is 18.5 Å². The van der Waals surface area contributed by atoms with Crippen molar-refractivity contribution in [3.05, 3.63) is 58.6 Å². The minimum atomic E-state index is -3.24. The topological polar surface area (TPSA) is 96.7 Å². The molecule has 0 radical (unpaired) electrons. The van der Waals surface area contributed by atoms with Crippen molar-refractivity contribution in [1.82, 2.24) is 4.90 Å². The molecule has 1 unspecified atom stereocenters. The molecule has 3 atom stereocenters. The summed E-state index contributed by atoms with van der Waals surface area (Å²) < 4.78 is 34.1. The fraction of sp³-hybridized carbons (Fsp3) is 0.417.